The lowest BCUT2D eigenvalue weighted by Crippen LogP contribution is -2.18. The summed E-state index contributed by atoms with van der Waals surface area (Å²) in [6.45, 7) is 0. The molecule has 0 aliphatic carbocycles. The van der Waals surface area contributed by atoms with Crippen LogP contribution in [0.2, 0.25) is 10.0 Å². The Kier molecular flexibility index (Phi) is 3.11. The first kappa shape index (κ1) is 11.4. The molecule has 0 radical (unpaired) electrons. The van der Waals surface area contributed by atoms with Crippen molar-refractivity contribution in [2.45, 2.75) is 6.36 Å². The Morgan fingerprint density at radius 3 is 2.07 bits per heavy atom. The van der Waals surface area contributed by atoms with Crippen LogP contribution in [-0.2, 0) is 0 Å². The van der Waals surface area contributed by atoms with Crippen molar-refractivity contribution in [2.24, 2.45) is 0 Å². The number of hydrogen-bond donors (Lipinski definition) is 0. The monoisotopic (exact) mass is 248 g/mol. The van der Waals surface area contributed by atoms with Gasteiger partial charge >= 0.3 is 6.36 Å². The van der Waals surface area contributed by atoms with Gasteiger partial charge in [0.25, 0.3) is 0 Å². The van der Waals surface area contributed by atoms with E-state index in [4.69, 9.17) is 23.2 Å². The Hall–Kier alpha value is -0.680. The number of ether oxygens (including phenoxy) is 1. The van der Waals surface area contributed by atoms with Crippen LogP contribution in [0.25, 0.3) is 0 Å². The van der Waals surface area contributed by atoms with E-state index >= 15 is 0 Å². The van der Waals surface area contributed by atoms with Gasteiger partial charge in [0, 0.05) is 0 Å². The first-order chi connectivity index (χ1) is 6.31. The molecule has 0 atom stereocenters. The summed E-state index contributed by atoms with van der Waals surface area (Å²) in [7, 11) is 0. The lowest BCUT2D eigenvalue weighted by atomic mass is 10.3. The van der Waals surface area contributed by atoms with Crippen molar-refractivity contribution in [3.05, 3.63) is 28.0 Å². The minimum Gasteiger partial charge on any atom is -0.401 e. The van der Waals surface area contributed by atoms with Gasteiger partial charge in [0.15, 0.2) is 11.6 Å². The first-order valence-corrected chi connectivity index (χ1v) is 3.96. The van der Waals surface area contributed by atoms with Crippen LogP contribution in [0.3, 0.4) is 0 Å². The maximum Gasteiger partial charge on any atom is 0.573 e. The number of rotatable bonds is 1. The third-order valence-electron chi connectivity index (χ3n) is 1.22. The number of hydrogen-bond acceptors (Lipinski definition) is 1. The third-order valence-corrected chi connectivity index (χ3v) is 1.81. The molecule has 78 valence electrons. The van der Waals surface area contributed by atoms with E-state index < -0.39 is 28.0 Å². The van der Waals surface area contributed by atoms with Crippen LogP contribution in [0.15, 0.2) is 12.1 Å². The summed E-state index contributed by atoms with van der Waals surface area (Å²) in [5.74, 6) is -2.46. The third kappa shape index (κ3) is 2.65. The van der Waals surface area contributed by atoms with Gasteiger partial charge in [-0.25, -0.2) is 4.39 Å². The second kappa shape index (κ2) is 3.82. The van der Waals surface area contributed by atoms with Crippen LogP contribution < -0.4 is 4.74 Å². The summed E-state index contributed by atoms with van der Waals surface area (Å²) in [4.78, 5) is 0. The maximum absolute atomic E-state index is 13.0. The lowest BCUT2D eigenvalue weighted by Gasteiger charge is -2.11. The van der Waals surface area contributed by atoms with Crippen LogP contribution in [-0.4, -0.2) is 6.36 Å². The normalized spacial score (nSPS) is 11.6. The molecule has 0 saturated heterocycles. The molecular weight excluding hydrogens is 247 g/mol. The van der Waals surface area contributed by atoms with Crippen molar-refractivity contribution < 1.29 is 22.3 Å². The fourth-order valence-corrected chi connectivity index (χ4v) is 1.05. The molecule has 0 spiro atoms. The average molecular weight is 249 g/mol. The van der Waals surface area contributed by atoms with Crippen molar-refractivity contribution in [1.82, 2.24) is 0 Å². The molecular formula is C7H2Cl2F4O. The summed E-state index contributed by atoms with van der Waals surface area (Å²) in [5, 5.41) is -0.988. The number of halogens is 6. The summed E-state index contributed by atoms with van der Waals surface area (Å²) < 4.78 is 51.5. The topological polar surface area (TPSA) is 9.23 Å². The van der Waals surface area contributed by atoms with E-state index in [1.165, 1.54) is 0 Å². The van der Waals surface area contributed by atoms with Crippen molar-refractivity contribution in [3.8, 4) is 5.75 Å². The minimum absolute atomic E-state index is 0.492. The zero-order valence-electron chi connectivity index (χ0n) is 6.33. The van der Waals surface area contributed by atoms with Crippen LogP contribution in [0, 0.1) is 5.82 Å². The molecule has 1 aromatic carbocycles. The fraction of sp³-hybridized carbons (Fsp3) is 0.143. The molecule has 0 aliphatic heterocycles. The quantitative estimate of drug-likeness (QED) is 0.539. The number of benzene rings is 1. The Bertz CT molecular complexity index is 350. The van der Waals surface area contributed by atoms with E-state index in [2.05, 4.69) is 4.74 Å². The Labute approximate surface area is 86.2 Å². The summed E-state index contributed by atoms with van der Waals surface area (Å²) in [6, 6.07) is 2.04. The van der Waals surface area contributed by atoms with Gasteiger partial charge in [-0.1, -0.05) is 23.2 Å². The Morgan fingerprint density at radius 2 is 1.57 bits per heavy atom. The molecule has 1 rings (SSSR count). The van der Waals surface area contributed by atoms with E-state index in [1.807, 2.05) is 0 Å². The average Bonchev–Trinajstić information content (AvgIpc) is 2.04. The number of alkyl halides is 3. The summed E-state index contributed by atoms with van der Waals surface area (Å²) in [6.07, 6.45) is -5.00. The molecule has 0 aliphatic rings. The SMILES string of the molecule is Fc1c(Cl)ccc(Cl)c1OC(F)(F)F. The predicted molar refractivity (Wildman–Crippen MR) is 43.1 cm³/mol. The first-order valence-electron chi connectivity index (χ1n) is 3.20. The maximum atomic E-state index is 13.0. The van der Waals surface area contributed by atoms with Crippen molar-refractivity contribution >= 4 is 23.2 Å². The van der Waals surface area contributed by atoms with Gasteiger partial charge in [-0.05, 0) is 12.1 Å². The van der Waals surface area contributed by atoms with E-state index in [0.717, 1.165) is 12.1 Å². The second-order valence-electron chi connectivity index (χ2n) is 2.22. The molecule has 0 unspecified atom stereocenters. The van der Waals surface area contributed by atoms with Gasteiger partial charge in [0.05, 0.1) is 10.0 Å². The highest BCUT2D eigenvalue weighted by atomic mass is 35.5. The van der Waals surface area contributed by atoms with E-state index in [-0.39, 0.29) is 0 Å². The van der Waals surface area contributed by atoms with Crippen LogP contribution in [0.5, 0.6) is 5.75 Å². The van der Waals surface area contributed by atoms with E-state index in [0.29, 0.717) is 0 Å². The standard InChI is InChI=1S/C7H2Cl2F4O/c8-3-1-2-4(9)6(5(3)10)14-7(11,12)13/h1-2H. The molecule has 0 N–H and O–H groups in total. The van der Waals surface area contributed by atoms with Crippen LogP contribution in [0.4, 0.5) is 17.6 Å². The lowest BCUT2D eigenvalue weighted by molar-refractivity contribution is -0.275. The Balaban J connectivity index is 3.13. The molecule has 7 heteroatoms. The van der Waals surface area contributed by atoms with Crippen molar-refractivity contribution in [3.63, 3.8) is 0 Å². The minimum atomic E-state index is -5.00. The zero-order chi connectivity index (χ0) is 10.9. The van der Waals surface area contributed by atoms with Gasteiger partial charge < -0.3 is 4.74 Å². The second-order valence-corrected chi connectivity index (χ2v) is 3.03. The van der Waals surface area contributed by atoms with Gasteiger partial charge in [-0.2, -0.15) is 0 Å². The molecule has 0 fully saturated rings. The van der Waals surface area contributed by atoms with Gasteiger partial charge in [-0.15, -0.1) is 13.2 Å². The van der Waals surface area contributed by atoms with E-state index in [9.17, 15) is 17.6 Å². The summed E-state index contributed by atoms with van der Waals surface area (Å²) >= 11 is 10.5. The smallest absolute Gasteiger partial charge is 0.401 e. The fourth-order valence-electron chi connectivity index (χ4n) is 0.718. The molecule has 14 heavy (non-hydrogen) atoms. The molecule has 0 amide bonds. The molecule has 0 aromatic heterocycles. The predicted octanol–water partition coefficient (Wildman–Crippen LogP) is 4.03. The zero-order valence-corrected chi connectivity index (χ0v) is 7.84. The van der Waals surface area contributed by atoms with E-state index in [1.54, 1.807) is 0 Å². The highest BCUT2D eigenvalue weighted by Gasteiger charge is 2.34. The van der Waals surface area contributed by atoms with Gasteiger partial charge in [0.2, 0.25) is 0 Å². The van der Waals surface area contributed by atoms with Crippen LogP contribution in [0.1, 0.15) is 0 Å². The highest BCUT2D eigenvalue weighted by Crippen LogP contribution is 2.35. The molecule has 1 aromatic rings. The molecule has 0 saturated carbocycles. The molecule has 1 nitrogen and oxygen atoms in total. The van der Waals surface area contributed by atoms with Gasteiger partial charge in [0.1, 0.15) is 0 Å². The molecule has 0 heterocycles. The van der Waals surface area contributed by atoms with Gasteiger partial charge in [-0.3, -0.25) is 0 Å². The Morgan fingerprint density at radius 1 is 1.07 bits per heavy atom. The molecule has 0 bridgehead atoms. The largest absolute Gasteiger partial charge is 0.573 e. The van der Waals surface area contributed by atoms with Crippen molar-refractivity contribution in [1.29, 1.82) is 0 Å². The summed E-state index contributed by atoms with van der Waals surface area (Å²) in [5.41, 5.74) is 0. The van der Waals surface area contributed by atoms with Crippen molar-refractivity contribution in [2.75, 3.05) is 0 Å². The highest BCUT2D eigenvalue weighted by molar-refractivity contribution is 6.34. The van der Waals surface area contributed by atoms with Crippen LogP contribution >= 0.6 is 23.2 Å².